The molecule has 5 heteroatoms. The molecule has 0 fully saturated rings. The molecule has 1 aromatic heterocycles. The zero-order valence-corrected chi connectivity index (χ0v) is 9.87. The normalized spacial score (nSPS) is 10.8. The van der Waals surface area contributed by atoms with Gasteiger partial charge in [0.15, 0.2) is 5.82 Å². The zero-order valence-electron chi connectivity index (χ0n) is 9.87. The van der Waals surface area contributed by atoms with Crippen molar-refractivity contribution in [2.45, 2.75) is 20.3 Å². The van der Waals surface area contributed by atoms with E-state index in [4.69, 9.17) is 11.6 Å². The molecular weight excluding hydrogens is 219 g/mol. The van der Waals surface area contributed by atoms with Crippen LogP contribution in [-0.4, -0.2) is 9.66 Å². The van der Waals surface area contributed by atoms with Gasteiger partial charge in [0.05, 0.1) is 0 Å². The van der Waals surface area contributed by atoms with E-state index in [-0.39, 0.29) is 5.82 Å². The van der Waals surface area contributed by atoms with E-state index in [1.54, 1.807) is 19.1 Å². The minimum atomic E-state index is -0.272. The molecule has 0 amide bonds. The average molecular weight is 234 g/mol. The Morgan fingerprint density at radius 2 is 2.12 bits per heavy atom. The summed E-state index contributed by atoms with van der Waals surface area (Å²) in [7, 11) is 0. The third kappa shape index (κ3) is 1.84. The Kier molecular flexibility index (Phi) is 2.75. The van der Waals surface area contributed by atoms with Gasteiger partial charge in [0.2, 0.25) is 0 Å². The standard InChI is InChI=1S/C12H15FN4/c1-3-10-16-11(12(14)17(10)15)8-5-4-7(2)9(13)6-8/h4-6H,3,14-15H2,1-2H3. The van der Waals surface area contributed by atoms with Gasteiger partial charge in [-0.1, -0.05) is 19.1 Å². The summed E-state index contributed by atoms with van der Waals surface area (Å²) >= 11 is 0. The van der Waals surface area contributed by atoms with Crippen molar-refractivity contribution in [2.75, 3.05) is 11.6 Å². The Morgan fingerprint density at radius 1 is 1.41 bits per heavy atom. The van der Waals surface area contributed by atoms with Crippen molar-refractivity contribution in [3.63, 3.8) is 0 Å². The molecule has 90 valence electrons. The van der Waals surface area contributed by atoms with E-state index in [9.17, 15) is 4.39 Å². The molecule has 1 aromatic carbocycles. The highest BCUT2D eigenvalue weighted by atomic mass is 19.1. The molecule has 0 bridgehead atoms. The summed E-state index contributed by atoms with van der Waals surface area (Å²) < 4.78 is 14.8. The lowest BCUT2D eigenvalue weighted by atomic mass is 10.1. The number of halogens is 1. The number of nitrogen functional groups attached to an aromatic ring is 2. The molecule has 0 aliphatic carbocycles. The molecule has 0 atom stereocenters. The highest BCUT2D eigenvalue weighted by Gasteiger charge is 2.14. The lowest BCUT2D eigenvalue weighted by Gasteiger charge is -2.02. The largest absolute Gasteiger partial charge is 0.382 e. The van der Waals surface area contributed by atoms with Crippen LogP contribution in [0.2, 0.25) is 0 Å². The van der Waals surface area contributed by atoms with Crippen LogP contribution < -0.4 is 11.6 Å². The fourth-order valence-electron chi connectivity index (χ4n) is 1.70. The van der Waals surface area contributed by atoms with Gasteiger partial charge in [-0.2, -0.15) is 0 Å². The fourth-order valence-corrected chi connectivity index (χ4v) is 1.70. The van der Waals surface area contributed by atoms with Gasteiger partial charge >= 0.3 is 0 Å². The van der Waals surface area contributed by atoms with Crippen LogP contribution >= 0.6 is 0 Å². The van der Waals surface area contributed by atoms with Gasteiger partial charge in [0, 0.05) is 12.0 Å². The van der Waals surface area contributed by atoms with Gasteiger partial charge in [-0.05, 0) is 18.6 Å². The second kappa shape index (κ2) is 4.08. The molecule has 2 aromatic rings. The van der Waals surface area contributed by atoms with E-state index < -0.39 is 0 Å². The molecule has 0 aliphatic rings. The topological polar surface area (TPSA) is 69.9 Å². The number of nitrogens with zero attached hydrogens (tertiary/aromatic N) is 2. The van der Waals surface area contributed by atoms with Gasteiger partial charge in [-0.25, -0.2) is 14.1 Å². The molecule has 0 radical (unpaired) electrons. The lowest BCUT2D eigenvalue weighted by molar-refractivity contribution is 0.619. The van der Waals surface area contributed by atoms with Crippen molar-refractivity contribution in [3.05, 3.63) is 35.4 Å². The average Bonchev–Trinajstić information content (AvgIpc) is 2.60. The Hall–Kier alpha value is -2.04. The number of imidazole rings is 1. The van der Waals surface area contributed by atoms with Crippen LogP contribution in [0.15, 0.2) is 18.2 Å². The number of nitrogens with two attached hydrogens (primary N) is 2. The molecule has 17 heavy (non-hydrogen) atoms. The summed E-state index contributed by atoms with van der Waals surface area (Å²) in [6, 6.07) is 4.91. The van der Waals surface area contributed by atoms with Gasteiger partial charge in [-0.3, -0.25) is 0 Å². The fraction of sp³-hybridized carbons (Fsp3) is 0.250. The first-order chi connectivity index (χ1) is 8.04. The van der Waals surface area contributed by atoms with Crippen molar-refractivity contribution in [3.8, 4) is 11.3 Å². The van der Waals surface area contributed by atoms with Crippen LogP contribution in [-0.2, 0) is 6.42 Å². The minimum Gasteiger partial charge on any atom is -0.382 e. The van der Waals surface area contributed by atoms with Crippen LogP contribution in [0.5, 0.6) is 0 Å². The molecule has 0 saturated heterocycles. The molecule has 0 spiro atoms. The summed E-state index contributed by atoms with van der Waals surface area (Å²) in [5.74, 6) is 6.51. The van der Waals surface area contributed by atoms with Gasteiger partial charge < -0.3 is 11.6 Å². The maximum absolute atomic E-state index is 13.5. The first kappa shape index (κ1) is 11.4. The van der Waals surface area contributed by atoms with E-state index in [1.807, 2.05) is 6.92 Å². The quantitative estimate of drug-likeness (QED) is 0.779. The lowest BCUT2D eigenvalue weighted by Crippen LogP contribution is -2.14. The number of hydrogen-bond donors (Lipinski definition) is 2. The first-order valence-electron chi connectivity index (χ1n) is 5.43. The Bertz CT molecular complexity index is 560. The van der Waals surface area contributed by atoms with E-state index in [0.29, 0.717) is 34.9 Å². The maximum atomic E-state index is 13.5. The van der Waals surface area contributed by atoms with Gasteiger partial charge in [0.1, 0.15) is 17.3 Å². The zero-order chi connectivity index (χ0) is 12.6. The van der Waals surface area contributed by atoms with Crippen molar-refractivity contribution in [1.82, 2.24) is 9.66 Å². The highest BCUT2D eigenvalue weighted by Crippen LogP contribution is 2.26. The minimum absolute atomic E-state index is 0.272. The van der Waals surface area contributed by atoms with Crippen LogP contribution in [0.1, 0.15) is 18.3 Å². The van der Waals surface area contributed by atoms with Gasteiger partial charge in [-0.15, -0.1) is 0 Å². The van der Waals surface area contributed by atoms with Gasteiger partial charge in [0.25, 0.3) is 0 Å². The van der Waals surface area contributed by atoms with E-state index >= 15 is 0 Å². The number of anilines is 1. The predicted octanol–water partition coefficient (Wildman–Crippen LogP) is 1.86. The number of aryl methyl sites for hydroxylation is 2. The summed E-state index contributed by atoms with van der Waals surface area (Å²) in [5, 5.41) is 0. The molecule has 4 N–H and O–H groups in total. The third-order valence-corrected chi connectivity index (χ3v) is 2.78. The van der Waals surface area contributed by atoms with Crippen molar-refractivity contribution >= 4 is 5.82 Å². The summed E-state index contributed by atoms with van der Waals surface area (Å²) in [4.78, 5) is 4.32. The van der Waals surface area contributed by atoms with Crippen molar-refractivity contribution in [1.29, 1.82) is 0 Å². The smallest absolute Gasteiger partial charge is 0.150 e. The highest BCUT2D eigenvalue weighted by molar-refractivity contribution is 5.71. The van der Waals surface area contributed by atoms with E-state index in [0.717, 1.165) is 0 Å². The molecule has 0 unspecified atom stereocenters. The molecule has 4 nitrogen and oxygen atoms in total. The monoisotopic (exact) mass is 234 g/mol. The Morgan fingerprint density at radius 3 is 2.65 bits per heavy atom. The Labute approximate surface area is 99.0 Å². The van der Waals surface area contributed by atoms with E-state index in [1.165, 1.54) is 10.7 Å². The second-order valence-corrected chi connectivity index (χ2v) is 3.95. The van der Waals surface area contributed by atoms with Crippen LogP contribution in [0, 0.1) is 12.7 Å². The van der Waals surface area contributed by atoms with E-state index in [2.05, 4.69) is 4.98 Å². The number of benzene rings is 1. The molecular formula is C12H15FN4. The summed E-state index contributed by atoms with van der Waals surface area (Å²) in [6.07, 6.45) is 0.676. The molecule has 2 rings (SSSR count). The van der Waals surface area contributed by atoms with Crippen LogP contribution in [0.25, 0.3) is 11.3 Å². The summed E-state index contributed by atoms with van der Waals surface area (Å²) in [6.45, 7) is 3.64. The Balaban J connectivity index is 2.56. The first-order valence-corrected chi connectivity index (χ1v) is 5.43. The van der Waals surface area contributed by atoms with Crippen LogP contribution in [0.4, 0.5) is 10.2 Å². The third-order valence-electron chi connectivity index (χ3n) is 2.78. The summed E-state index contributed by atoms with van der Waals surface area (Å²) in [5.41, 5.74) is 7.62. The molecule has 0 saturated carbocycles. The number of aromatic nitrogens is 2. The van der Waals surface area contributed by atoms with Crippen molar-refractivity contribution in [2.24, 2.45) is 0 Å². The SMILES string of the molecule is CCc1nc(-c2ccc(C)c(F)c2)c(N)n1N. The van der Waals surface area contributed by atoms with Crippen LogP contribution in [0.3, 0.4) is 0 Å². The predicted molar refractivity (Wildman–Crippen MR) is 66.3 cm³/mol. The molecule has 0 aliphatic heterocycles. The number of rotatable bonds is 2. The second-order valence-electron chi connectivity index (χ2n) is 3.95. The molecule has 1 heterocycles. The maximum Gasteiger partial charge on any atom is 0.150 e. The van der Waals surface area contributed by atoms with Crippen molar-refractivity contribution < 1.29 is 4.39 Å². The number of hydrogen-bond acceptors (Lipinski definition) is 3.